The van der Waals surface area contributed by atoms with Crippen LogP contribution in [0.1, 0.15) is 12.8 Å². The van der Waals surface area contributed by atoms with E-state index in [0.29, 0.717) is 5.84 Å². The van der Waals surface area contributed by atoms with Crippen molar-refractivity contribution in [2.45, 2.75) is 12.8 Å². The Labute approximate surface area is 124 Å². The number of pyridine rings is 1. The molecule has 1 aliphatic heterocycles. The van der Waals surface area contributed by atoms with Crippen molar-refractivity contribution in [3.63, 3.8) is 0 Å². The number of nitrogens with one attached hydrogen (secondary N) is 1. The van der Waals surface area contributed by atoms with Crippen LogP contribution in [0.2, 0.25) is 0 Å². The molecule has 1 aromatic heterocycles. The number of ether oxygens (including phenoxy) is 1. The van der Waals surface area contributed by atoms with Crippen LogP contribution in [0.3, 0.4) is 0 Å². The van der Waals surface area contributed by atoms with Gasteiger partial charge in [0.25, 0.3) is 0 Å². The number of nitrogens with zero attached hydrogens (tertiary/aromatic N) is 2. The summed E-state index contributed by atoms with van der Waals surface area (Å²) in [5, 5.41) is 9.76. The Bertz CT molecular complexity index is 662. The first-order valence-corrected chi connectivity index (χ1v) is 7.21. The Morgan fingerprint density at radius 2 is 2.05 bits per heavy atom. The van der Waals surface area contributed by atoms with Gasteiger partial charge in [-0.1, -0.05) is 12.1 Å². The van der Waals surface area contributed by atoms with Crippen molar-refractivity contribution in [1.82, 2.24) is 4.98 Å². The van der Waals surface area contributed by atoms with Gasteiger partial charge in [0.15, 0.2) is 0 Å². The molecule has 0 aliphatic carbocycles. The third-order valence-electron chi connectivity index (χ3n) is 4.20. The Morgan fingerprint density at radius 3 is 2.71 bits per heavy atom. The molecular weight excluding hydrogens is 264 g/mol. The second-order valence-corrected chi connectivity index (χ2v) is 5.41. The molecule has 3 N–H and O–H groups in total. The molecule has 0 saturated carbocycles. The van der Waals surface area contributed by atoms with Gasteiger partial charge in [0, 0.05) is 36.0 Å². The number of fused-ring (bicyclic) bond motifs is 1. The fourth-order valence-electron chi connectivity index (χ4n) is 3.00. The van der Waals surface area contributed by atoms with Crippen molar-refractivity contribution in [2.75, 3.05) is 25.1 Å². The minimum atomic E-state index is 0.214. The van der Waals surface area contributed by atoms with Crippen molar-refractivity contribution in [2.24, 2.45) is 11.7 Å². The van der Waals surface area contributed by atoms with Gasteiger partial charge in [-0.15, -0.1) is 0 Å². The summed E-state index contributed by atoms with van der Waals surface area (Å²) in [4.78, 5) is 6.84. The minimum absolute atomic E-state index is 0.214. The highest BCUT2D eigenvalue weighted by atomic mass is 16.5. The number of benzene rings is 1. The van der Waals surface area contributed by atoms with Crippen LogP contribution in [-0.4, -0.2) is 31.0 Å². The van der Waals surface area contributed by atoms with Gasteiger partial charge < -0.3 is 15.4 Å². The number of piperidine rings is 1. The van der Waals surface area contributed by atoms with E-state index in [1.54, 1.807) is 7.11 Å². The lowest BCUT2D eigenvalue weighted by molar-refractivity contribution is 0.420. The van der Waals surface area contributed by atoms with Crippen LogP contribution in [0.5, 0.6) is 5.75 Å². The van der Waals surface area contributed by atoms with E-state index in [0.717, 1.165) is 48.3 Å². The molecule has 110 valence electrons. The predicted octanol–water partition coefficient (Wildman–Crippen LogP) is 2.40. The average Bonchev–Trinajstić information content (AvgIpc) is 2.53. The summed E-state index contributed by atoms with van der Waals surface area (Å²) in [6, 6.07) is 8.03. The Hall–Kier alpha value is -2.30. The number of rotatable bonds is 3. The number of nitrogens with two attached hydrogens (primary N) is 1. The molecule has 1 aliphatic rings. The average molecular weight is 284 g/mol. The molecule has 0 unspecified atom stereocenters. The van der Waals surface area contributed by atoms with Crippen LogP contribution >= 0.6 is 0 Å². The zero-order valence-electron chi connectivity index (χ0n) is 12.2. The zero-order valence-corrected chi connectivity index (χ0v) is 12.2. The van der Waals surface area contributed by atoms with Gasteiger partial charge in [0.1, 0.15) is 11.6 Å². The van der Waals surface area contributed by atoms with E-state index >= 15 is 0 Å². The van der Waals surface area contributed by atoms with Crippen LogP contribution in [0.25, 0.3) is 10.8 Å². The second-order valence-electron chi connectivity index (χ2n) is 5.41. The highest BCUT2D eigenvalue weighted by Crippen LogP contribution is 2.32. The summed E-state index contributed by atoms with van der Waals surface area (Å²) < 4.78 is 5.43. The van der Waals surface area contributed by atoms with Gasteiger partial charge in [0.2, 0.25) is 0 Å². The normalized spacial score (nSPS) is 16.1. The summed E-state index contributed by atoms with van der Waals surface area (Å²) in [5.74, 6) is 2.39. The Morgan fingerprint density at radius 1 is 1.29 bits per heavy atom. The molecule has 5 heteroatoms. The topological polar surface area (TPSA) is 75.2 Å². The molecule has 1 aromatic carbocycles. The number of aromatic nitrogens is 1. The molecule has 21 heavy (non-hydrogen) atoms. The van der Waals surface area contributed by atoms with E-state index < -0.39 is 0 Å². The van der Waals surface area contributed by atoms with Crippen LogP contribution in [0.4, 0.5) is 5.82 Å². The largest absolute Gasteiger partial charge is 0.496 e. The highest BCUT2D eigenvalue weighted by Gasteiger charge is 2.23. The summed E-state index contributed by atoms with van der Waals surface area (Å²) in [7, 11) is 1.69. The molecule has 3 rings (SSSR count). The molecule has 2 heterocycles. The smallest absolute Gasteiger partial charge is 0.136 e. The summed E-state index contributed by atoms with van der Waals surface area (Å²) in [6.07, 6.45) is 3.66. The predicted molar refractivity (Wildman–Crippen MR) is 85.1 cm³/mol. The lowest BCUT2D eigenvalue weighted by Gasteiger charge is -2.32. The van der Waals surface area contributed by atoms with E-state index in [4.69, 9.17) is 15.9 Å². The van der Waals surface area contributed by atoms with Crippen molar-refractivity contribution in [3.05, 3.63) is 30.5 Å². The van der Waals surface area contributed by atoms with E-state index in [-0.39, 0.29) is 5.92 Å². The maximum atomic E-state index is 7.57. The Balaban J connectivity index is 1.93. The van der Waals surface area contributed by atoms with Crippen molar-refractivity contribution in [3.8, 4) is 5.75 Å². The van der Waals surface area contributed by atoms with E-state index in [1.807, 2.05) is 24.4 Å². The quantitative estimate of drug-likeness (QED) is 0.670. The summed E-state index contributed by atoms with van der Waals surface area (Å²) in [6.45, 7) is 1.77. The van der Waals surface area contributed by atoms with Crippen LogP contribution in [-0.2, 0) is 0 Å². The van der Waals surface area contributed by atoms with Gasteiger partial charge in [0.05, 0.1) is 12.9 Å². The minimum Gasteiger partial charge on any atom is -0.496 e. The van der Waals surface area contributed by atoms with Gasteiger partial charge in [-0.25, -0.2) is 4.98 Å². The number of methoxy groups -OCH3 is 1. The molecular formula is C16H20N4O. The third-order valence-corrected chi connectivity index (χ3v) is 4.20. The number of amidine groups is 1. The van der Waals surface area contributed by atoms with Crippen molar-refractivity contribution < 1.29 is 4.74 Å². The first-order chi connectivity index (χ1) is 10.2. The summed E-state index contributed by atoms with van der Waals surface area (Å²) >= 11 is 0. The SMILES string of the molecule is COc1cccc2c(N3CCC(C(=N)N)CC3)nccc12. The number of hydrogen-bond donors (Lipinski definition) is 2. The molecule has 0 amide bonds. The van der Waals surface area contributed by atoms with E-state index in [1.165, 1.54) is 0 Å². The first-order valence-electron chi connectivity index (χ1n) is 7.21. The third kappa shape index (κ3) is 2.51. The van der Waals surface area contributed by atoms with E-state index in [9.17, 15) is 0 Å². The fraction of sp³-hybridized carbons (Fsp3) is 0.375. The van der Waals surface area contributed by atoms with E-state index in [2.05, 4.69) is 16.0 Å². The second kappa shape index (κ2) is 5.60. The van der Waals surface area contributed by atoms with Crippen molar-refractivity contribution in [1.29, 1.82) is 5.41 Å². The fourth-order valence-corrected chi connectivity index (χ4v) is 3.00. The molecule has 2 aromatic rings. The lowest BCUT2D eigenvalue weighted by atomic mass is 9.95. The van der Waals surface area contributed by atoms with Crippen molar-refractivity contribution >= 4 is 22.4 Å². The Kier molecular flexibility index (Phi) is 3.64. The molecule has 1 saturated heterocycles. The van der Waals surface area contributed by atoms with Gasteiger partial charge in [-0.2, -0.15) is 0 Å². The standard InChI is InChI=1S/C16H20N4O/c1-21-14-4-2-3-13-12(14)5-8-19-16(13)20-9-6-11(7-10-20)15(17)18/h2-5,8,11H,6-7,9-10H2,1H3,(H3,17,18). The van der Waals surface area contributed by atoms with Crippen LogP contribution in [0, 0.1) is 11.3 Å². The van der Waals surface area contributed by atoms with Gasteiger partial charge in [-0.05, 0) is 25.0 Å². The van der Waals surface area contributed by atoms with Crippen LogP contribution in [0.15, 0.2) is 30.5 Å². The summed E-state index contributed by atoms with van der Waals surface area (Å²) in [5.41, 5.74) is 5.61. The zero-order chi connectivity index (χ0) is 14.8. The lowest BCUT2D eigenvalue weighted by Crippen LogP contribution is -2.38. The van der Waals surface area contributed by atoms with Gasteiger partial charge in [-0.3, -0.25) is 5.41 Å². The molecule has 1 fully saturated rings. The number of hydrogen-bond acceptors (Lipinski definition) is 4. The molecule has 0 bridgehead atoms. The molecule has 5 nitrogen and oxygen atoms in total. The number of anilines is 1. The monoisotopic (exact) mass is 284 g/mol. The molecule has 0 atom stereocenters. The maximum Gasteiger partial charge on any atom is 0.136 e. The first kappa shape index (κ1) is 13.7. The van der Waals surface area contributed by atoms with Gasteiger partial charge >= 0.3 is 0 Å². The maximum absolute atomic E-state index is 7.57. The van der Waals surface area contributed by atoms with Crippen LogP contribution < -0.4 is 15.4 Å². The molecule has 0 radical (unpaired) electrons. The molecule has 0 spiro atoms. The highest BCUT2D eigenvalue weighted by molar-refractivity contribution is 5.96.